The Kier molecular flexibility index (Phi) is 6.64. The molecule has 0 aromatic heterocycles. The number of amides is 2. The molecule has 0 saturated carbocycles. The van der Waals surface area contributed by atoms with E-state index in [1.54, 1.807) is 24.1 Å². The molecule has 1 fully saturated rings. The Morgan fingerprint density at radius 2 is 1.57 bits per heavy atom. The molecule has 0 atom stereocenters. The second-order valence-electron chi connectivity index (χ2n) is 7.09. The number of methoxy groups -OCH3 is 1. The van der Waals surface area contributed by atoms with Crippen molar-refractivity contribution in [3.63, 3.8) is 0 Å². The van der Waals surface area contributed by atoms with E-state index in [9.17, 15) is 22.8 Å². The summed E-state index contributed by atoms with van der Waals surface area (Å²) in [5.74, 6) is -0.0354. The quantitative estimate of drug-likeness (QED) is 0.759. The number of halogens is 3. The maximum Gasteiger partial charge on any atom is 0.417 e. The van der Waals surface area contributed by atoms with E-state index in [0.717, 1.165) is 11.6 Å². The van der Waals surface area contributed by atoms with E-state index >= 15 is 0 Å². The Balaban J connectivity index is 1.64. The van der Waals surface area contributed by atoms with Crippen LogP contribution in [0, 0.1) is 0 Å². The van der Waals surface area contributed by atoms with Gasteiger partial charge in [-0.3, -0.25) is 9.59 Å². The monoisotopic (exact) mass is 420 g/mol. The first-order chi connectivity index (χ1) is 14.3. The summed E-state index contributed by atoms with van der Waals surface area (Å²) < 4.78 is 44.8. The van der Waals surface area contributed by atoms with Gasteiger partial charge in [-0.25, -0.2) is 0 Å². The van der Waals surface area contributed by atoms with Crippen LogP contribution < -0.4 is 4.74 Å². The van der Waals surface area contributed by atoms with Crippen molar-refractivity contribution in [1.29, 1.82) is 0 Å². The molecule has 2 amide bonds. The summed E-state index contributed by atoms with van der Waals surface area (Å²) in [5, 5.41) is 0. The van der Waals surface area contributed by atoms with Crippen molar-refractivity contribution in [1.82, 2.24) is 9.80 Å². The van der Waals surface area contributed by atoms with Gasteiger partial charge in [0.2, 0.25) is 5.91 Å². The van der Waals surface area contributed by atoms with Gasteiger partial charge < -0.3 is 14.5 Å². The highest BCUT2D eigenvalue weighted by Gasteiger charge is 2.36. The van der Waals surface area contributed by atoms with Gasteiger partial charge in [0.1, 0.15) is 5.75 Å². The molecule has 5 nitrogen and oxygen atoms in total. The molecule has 2 aromatic rings. The minimum absolute atomic E-state index is 0.0786. The zero-order valence-electron chi connectivity index (χ0n) is 16.6. The van der Waals surface area contributed by atoms with Crippen LogP contribution in [0.3, 0.4) is 0 Å². The first-order valence-corrected chi connectivity index (χ1v) is 9.66. The van der Waals surface area contributed by atoms with E-state index in [0.29, 0.717) is 25.3 Å². The molecule has 0 spiro atoms. The van der Waals surface area contributed by atoms with Gasteiger partial charge in [0.05, 0.1) is 24.7 Å². The summed E-state index contributed by atoms with van der Waals surface area (Å²) in [6, 6.07) is 12.0. The Hall–Kier alpha value is -3.03. The minimum Gasteiger partial charge on any atom is -0.497 e. The van der Waals surface area contributed by atoms with Crippen molar-refractivity contribution < 1.29 is 27.5 Å². The summed E-state index contributed by atoms with van der Waals surface area (Å²) in [4.78, 5) is 28.5. The van der Waals surface area contributed by atoms with Crippen molar-refractivity contribution in [3.8, 4) is 5.75 Å². The highest BCUT2D eigenvalue weighted by molar-refractivity contribution is 5.96. The first kappa shape index (κ1) is 21.7. The SMILES string of the molecule is COc1ccc(CC(=O)N2CCCN(C(=O)c3ccccc3C(F)(F)F)CC2)cc1. The van der Waals surface area contributed by atoms with E-state index in [2.05, 4.69) is 0 Å². The third-order valence-electron chi connectivity index (χ3n) is 5.11. The van der Waals surface area contributed by atoms with Gasteiger partial charge in [0.25, 0.3) is 5.91 Å². The number of nitrogens with zero attached hydrogens (tertiary/aromatic N) is 2. The Morgan fingerprint density at radius 1 is 0.933 bits per heavy atom. The number of rotatable bonds is 4. The third kappa shape index (κ3) is 5.11. The van der Waals surface area contributed by atoms with Gasteiger partial charge in [0.15, 0.2) is 0 Å². The van der Waals surface area contributed by atoms with E-state index in [-0.39, 0.29) is 31.0 Å². The zero-order chi connectivity index (χ0) is 21.7. The van der Waals surface area contributed by atoms with Crippen LogP contribution >= 0.6 is 0 Å². The second-order valence-corrected chi connectivity index (χ2v) is 7.09. The highest BCUT2D eigenvalue weighted by Crippen LogP contribution is 2.32. The van der Waals surface area contributed by atoms with E-state index in [1.165, 1.54) is 23.1 Å². The molecule has 2 aromatic carbocycles. The smallest absolute Gasteiger partial charge is 0.417 e. The lowest BCUT2D eigenvalue weighted by Gasteiger charge is -2.23. The van der Waals surface area contributed by atoms with Crippen molar-refractivity contribution in [2.24, 2.45) is 0 Å². The fraction of sp³-hybridized carbons (Fsp3) is 0.364. The van der Waals surface area contributed by atoms with Crippen LogP contribution in [0.1, 0.15) is 27.9 Å². The number of carbonyl (C=O) groups is 2. The molecule has 1 aliphatic rings. The van der Waals surface area contributed by atoms with Crippen LogP contribution in [0.2, 0.25) is 0 Å². The topological polar surface area (TPSA) is 49.9 Å². The molecular formula is C22H23F3N2O3. The number of hydrogen-bond acceptors (Lipinski definition) is 3. The van der Waals surface area contributed by atoms with Crippen molar-refractivity contribution >= 4 is 11.8 Å². The summed E-state index contributed by atoms with van der Waals surface area (Å²) in [6.07, 6.45) is -3.87. The van der Waals surface area contributed by atoms with Crippen molar-refractivity contribution in [3.05, 3.63) is 65.2 Å². The summed E-state index contributed by atoms with van der Waals surface area (Å²) in [5.41, 5.74) is -0.452. The van der Waals surface area contributed by atoms with E-state index < -0.39 is 17.6 Å². The van der Waals surface area contributed by atoms with Gasteiger partial charge in [-0.05, 0) is 36.2 Å². The minimum atomic E-state index is -4.60. The fourth-order valence-electron chi connectivity index (χ4n) is 3.49. The highest BCUT2D eigenvalue weighted by atomic mass is 19.4. The normalized spacial score (nSPS) is 14.9. The molecule has 0 N–H and O–H groups in total. The maximum atomic E-state index is 13.2. The largest absolute Gasteiger partial charge is 0.497 e. The van der Waals surface area contributed by atoms with Crippen LogP contribution in [0.25, 0.3) is 0 Å². The lowest BCUT2D eigenvalue weighted by molar-refractivity contribution is -0.138. The molecule has 0 radical (unpaired) electrons. The lowest BCUT2D eigenvalue weighted by atomic mass is 10.1. The van der Waals surface area contributed by atoms with Crippen LogP contribution in [0.15, 0.2) is 48.5 Å². The average molecular weight is 420 g/mol. The van der Waals surface area contributed by atoms with E-state index in [1.807, 2.05) is 12.1 Å². The maximum absolute atomic E-state index is 13.2. The predicted molar refractivity (Wildman–Crippen MR) is 105 cm³/mol. The molecule has 0 bridgehead atoms. The van der Waals surface area contributed by atoms with Gasteiger partial charge in [-0.2, -0.15) is 13.2 Å². The van der Waals surface area contributed by atoms with Crippen molar-refractivity contribution in [2.75, 3.05) is 33.3 Å². The number of benzene rings is 2. The molecule has 3 rings (SSSR count). The summed E-state index contributed by atoms with van der Waals surface area (Å²) >= 11 is 0. The molecule has 1 heterocycles. The molecular weight excluding hydrogens is 397 g/mol. The number of alkyl halides is 3. The summed E-state index contributed by atoms with van der Waals surface area (Å²) in [6.45, 7) is 1.24. The molecule has 1 aliphatic heterocycles. The Bertz CT molecular complexity index is 897. The van der Waals surface area contributed by atoms with Gasteiger partial charge in [0, 0.05) is 26.2 Å². The molecule has 160 valence electrons. The fourth-order valence-corrected chi connectivity index (χ4v) is 3.49. The molecule has 0 unspecified atom stereocenters. The number of ether oxygens (including phenoxy) is 1. The standard InChI is InChI=1S/C22H23F3N2O3/c1-30-17-9-7-16(8-10-17)15-20(28)26-11-4-12-27(14-13-26)21(29)18-5-2-3-6-19(18)22(23,24)25/h2-3,5-10H,4,11-15H2,1H3. The van der Waals surface area contributed by atoms with Gasteiger partial charge in [-0.15, -0.1) is 0 Å². The van der Waals surface area contributed by atoms with Gasteiger partial charge >= 0.3 is 6.18 Å². The van der Waals surface area contributed by atoms with Crippen molar-refractivity contribution in [2.45, 2.75) is 19.0 Å². The molecule has 8 heteroatoms. The number of carbonyl (C=O) groups excluding carboxylic acids is 2. The third-order valence-corrected chi connectivity index (χ3v) is 5.11. The summed E-state index contributed by atoms with van der Waals surface area (Å²) in [7, 11) is 1.57. The second kappa shape index (κ2) is 9.19. The van der Waals surface area contributed by atoms with Gasteiger partial charge in [-0.1, -0.05) is 24.3 Å². The predicted octanol–water partition coefficient (Wildman–Crippen LogP) is 3.63. The Labute approximate surface area is 173 Å². The van der Waals surface area contributed by atoms with Crippen LogP contribution in [0.5, 0.6) is 5.75 Å². The molecule has 0 aliphatic carbocycles. The first-order valence-electron chi connectivity index (χ1n) is 9.66. The molecule has 30 heavy (non-hydrogen) atoms. The lowest BCUT2D eigenvalue weighted by Crippen LogP contribution is -2.38. The average Bonchev–Trinajstić information content (AvgIpc) is 2.99. The molecule has 1 saturated heterocycles. The number of hydrogen-bond donors (Lipinski definition) is 0. The van der Waals surface area contributed by atoms with Crippen LogP contribution in [-0.2, 0) is 17.4 Å². The van der Waals surface area contributed by atoms with Crippen LogP contribution in [-0.4, -0.2) is 54.9 Å². The Morgan fingerprint density at radius 3 is 2.23 bits per heavy atom. The van der Waals surface area contributed by atoms with E-state index in [4.69, 9.17) is 4.74 Å². The zero-order valence-corrected chi connectivity index (χ0v) is 16.6. The van der Waals surface area contributed by atoms with Crippen LogP contribution in [0.4, 0.5) is 13.2 Å².